The quantitative estimate of drug-likeness (QED) is 0.469. The van der Waals surface area contributed by atoms with Gasteiger partial charge in [-0.15, -0.1) is 0 Å². The number of nitrogens with one attached hydrogen (secondary N) is 2. The second-order valence-corrected chi connectivity index (χ2v) is 3.95. The van der Waals surface area contributed by atoms with E-state index in [2.05, 4.69) is 20.6 Å². The van der Waals surface area contributed by atoms with Crippen molar-refractivity contribution in [3.05, 3.63) is 18.7 Å². The molecule has 0 aromatic carbocycles. The minimum absolute atomic E-state index is 0.176. The lowest BCUT2D eigenvalue weighted by Gasteiger charge is -2.12. The number of aliphatic imine (C=N–C) groups is 1. The van der Waals surface area contributed by atoms with Gasteiger partial charge in [-0.05, 0) is 6.42 Å². The van der Waals surface area contributed by atoms with E-state index < -0.39 is 12.6 Å². The van der Waals surface area contributed by atoms with Gasteiger partial charge in [-0.25, -0.2) is 4.98 Å². The van der Waals surface area contributed by atoms with Crippen LogP contribution in [-0.4, -0.2) is 41.8 Å². The predicted molar refractivity (Wildman–Crippen MR) is 66.9 cm³/mol. The van der Waals surface area contributed by atoms with E-state index in [0.717, 1.165) is 13.0 Å². The minimum atomic E-state index is -4.15. The Balaban J connectivity index is 2.12. The third-order valence-corrected chi connectivity index (χ3v) is 2.37. The van der Waals surface area contributed by atoms with Crippen LogP contribution in [0.1, 0.15) is 12.8 Å². The second-order valence-electron chi connectivity index (χ2n) is 3.95. The number of halogens is 3. The number of aryl methyl sites for hydroxylation is 1. The highest BCUT2D eigenvalue weighted by molar-refractivity contribution is 5.79. The maximum atomic E-state index is 12.0. The standard InChI is InChI=1S/C11H18F3N5/c1-15-10(18-5-3-11(12,13)14)17-4-2-7-19-8-6-16-9-19/h6,8-9H,2-5,7H2,1H3,(H2,15,17,18). The molecule has 1 aromatic rings. The lowest BCUT2D eigenvalue weighted by Crippen LogP contribution is -2.39. The van der Waals surface area contributed by atoms with Crippen LogP contribution in [0.4, 0.5) is 13.2 Å². The van der Waals surface area contributed by atoms with Crippen LogP contribution in [0.5, 0.6) is 0 Å². The van der Waals surface area contributed by atoms with E-state index in [4.69, 9.17) is 0 Å². The van der Waals surface area contributed by atoms with Crippen LogP contribution in [0, 0.1) is 0 Å². The van der Waals surface area contributed by atoms with Gasteiger partial charge in [0, 0.05) is 39.1 Å². The summed E-state index contributed by atoms with van der Waals surface area (Å²) < 4.78 is 37.8. The third-order valence-electron chi connectivity index (χ3n) is 2.37. The van der Waals surface area contributed by atoms with Crippen molar-refractivity contribution in [1.82, 2.24) is 20.2 Å². The molecular formula is C11H18F3N5. The topological polar surface area (TPSA) is 54.2 Å². The van der Waals surface area contributed by atoms with Crippen LogP contribution >= 0.6 is 0 Å². The molecule has 0 aliphatic heterocycles. The van der Waals surface area contributed by atoms with Crippen LogP contribution in [0.3, 0.4) is 0 Å². The average Bonchev–Trinajstić information content (AvgIpc) is 2.83. The molecule has 0 fully saturated rings. The van der Waals surface area contributed by atoms with Crippen molar-refractivity contribution in [2.75, 3.05) is 20.1 Å². The Morgan fingerprint density at radius 3 is 2.63 bits per heavy atom. The molecule has 0 unspecified atom stereocenters. The zero-order chi connectivity index (χ0) is 14.1. The summed E-state index contributed by atoms with van der Waals surface area (Å²) in [5, 5.41) is 5.58. The Labute approximate surface area is 109 Å². The Bertz CT molecular complexity index is 372. The molecular weight excluding hydrogens is 259 g/mol. The number of aromatic nitrogens is 2. The van der Waals surface area contributed by atoms with Gasteiger partial charge in [0.05, 0.1) is 12.7 Å². The number of hydrogen-bond acceptors (Lipinski definition) is 2. The van der Waals surface area contributed by atoms with Crippen LogP contribution < -0.4 is 10.6 Å². The van der Waals surface area contributed by atoms with Crippen molar-refractivity contribution < 1.29 is 13.2 Å². The lowest BCUT2D eigenvalue weighted by atomic mass is 10.4. The molecule has 0 atom stereocenters. The van der Waals surface area contributed by atoms with Gasteiger partial charge < -0.3 is 15.2 Å². The van der Waals surface area contributed by atoms with Crippen molar-refractivity contribution in [3.8, 4) is 0 Å². The SMILES string of the molecule is CN=C(NCCCn1ccnc1)NCCC(F)(F)F. The first-order valence-electron chi connectivity index (χ1n) is 5.98. The first-order valence-corrected chi connectivity index (χ1v) is 5.98. The predicted octanol–water partition coefficient (Wildman–Crippen LogP) is 1.39. The molecule has 0 bridgehead atoms. The first kappa shape index (κ1) is 15.3. The number of guanidine groups is 1. The maximum Gasteiger partial charge on any atom is 0.390 e. The molecule has 0 saturated carbocycles. The van der Waals surface area contributed by atoms with E-state index in [1.165, 1.54) is 7.05 Å². The summed E-state index contributed by atoms with van der Waals surface area (Å²) in [5.41, 5.74) is 0. The van der Waals surface area contributed by atoms with Gasteiger partial charge in [0.15, 0.2) is 5.96 Å². The molecule has 8 heteroatoms. The molecule has 19 heavy (non-hydrogen) atoms. The van der Waals surface area contributed by atoms with Gasteiger partial charge in [0.1, 0.15) is 0 Å². The Morgan fingerprint density at radius 2 is 2.05 bits per heavy atom. The summed E-state index contributed by atoms with van der Waals surface area (Å²) in [6, 6.07) is 0. The van der Waals surface area contributed by atoms with Crippen molar-refractivity contribution in [3.63, 3.8) is 0 Å². The molecule has 1 aromatic heterocycles. The van der Waals surface area contributed by atoms with Crippen molar-refractivity contribution >= 4 is 5.96 Å². The van der Waals surface area contributed by atoms with Crippen LogP contribution in [0.2, 0.25) is 0 Å². The van der Waals surface area contributed by atoms with E-state index in [-0.39, 0.29) is 6.54 Å². The molecule has 0 aliphatic rings. The Morgan fingerprint density at radius 1 is 1.32 bits per heavy atom. The molecule has 0 radical (unpaired) electrons. The van der Waals surface area contributed by atoms with E-state index in [0.29, 0.717) is 12.5 Å². The molecule has 1 heterocycles. The summed E-state index contributed by atoms with van der Waals surface area (Å²) >= 11 is 0. The zero-order valence-corrected chi connectivity index (χ0v) is 10.7. The third kappa shape index (κ3) is 7.32. The minimum Gasteiger partial charge on any atom is -0.356 e. The van der Waals surface area contributed by atoms with Gasteiger partial charge in [0.25, 0.3) is 0 Å². The largest absolute Gasteiger partial charge is 0.390 e. The van der Waals surface area contributed by atoms with E-state index in [1.54, 1.807) is 12.5 Å². The van der Waals surface area contributed by atoms with Gasteiger partial charge in [-0.3, -0.25) is 4.99 Å². The number of imidazole rings is 1. The lowest BCUT2D eigenvalue weighted by molar-refractivity contribution is -0.132. The van der Waals surface area contributed by atoms with Crippen molar-refractivity contribution in [2.24, 2.45) is 4.99 Å². The van der Waals surface area contributed by atoms with Gasteiger partial charge in [-0.2, -0.15) is 13.2 Å². The van der Waals surface area contributed by atoms with E-state index in [1.807, 2.05) is 10.8 Å². The second kappa shape index (κ2) is 7.65. The van der Waals surface area contributed by atoms with Crippen molar-refractivity contribution in [2.45, 2.75) is 25.6 Å². The summed E-state index contributed by atoms with van der Waals surface area (Å²) in [7, 11) is 1.53. The highest BCUT2D eigenvalue weighted by atomic mass is 19.4. The number of nitrogens with zero attached hydrogens (tertiary/aromatic N) is 3. The van der Waals surface area contributed by atoms with Gasteiger partial charge in [-0.1, -0.05) is 0 Å². The van der Waals surface area contributed by atoms with Crippen molar-refractivity contribution in [1.29, 1.82) is 0 Å². The summed E-state index contributed by atoms with van der Waals surface area (Å²) in [4.78, 5) is 7.77. The normalized spacial score (nSPS) is 12.5. The van der Waals surface area contributed by atoms with Crippen LogP contribution in [0.15, 0.2) is 23.7 Å². The fourth-order valence-corrected chi connectivity index (χ4v) is 1.43. The molecule has 0 saturated heterocycles. The Hall–Kier alpha value is -1.73. The fraction of sp³-hybridized carbons (Fsp3) is 0.636. The molecule has 0 aliphatic carbocycles. The fourth-order valence-electron chi connectivity index (χ4n) is 1.43. The number of rotatable bonds is 6. The highest BCUT2D eigenvalue weighted by Gasteiger charge is 2.26. The van der Waals surface area contributed by atoms with Crippen LogP contribution in [-0.2, 0) is 6.54 Å². The number of hydrogen-bond donors (Lipinski definition) is 2. The molecule has 0 spiro atoms. The first-order chi connectivity index (χ1) is 9.01. The molecule has 5 nitrogen and oxygen atoms in total. The van der Waals surface area contributed by atoms with E-state index in [9.17, 15) is 13.2 Å². The number of alkyl halides is 3. The van der Waals surface area contributed by atoms with Gasteiger partial charge >= 0.3 is 6.18 Å². The summed E-state index contributed by atoms with van der Waals surface area (Å²) in [5.74, 6) is 0.384. The van der Waals surface area contributed by atoms with Crippen LogP contribution in [0.25, 0.3) is 0 Å². The molecule has 2 N–H and O–H groups in total. The molecule has 1 rings (SSSR count). The highest BCUT2D eigenvalue weighted by Crippen LogP contribution is 2.17. The van der Waals surface area contributed by atoms with Gasteiger partial charge in [0.2, 0.25) is 0 Å². The monoisotopic (exact) mass is 277 g/mol. The summed E-state index contributed by atoms with van der Waals surface area (Å²) in [6.45, 7) is 1.25. The average molecular weight is 277 g/mol. The Kier molecular flexibility index (Phi) is 6.17. The zero-order valence-electron chi connectivity index (χ0n) is 10.7. The molecule has 108 valence electrons. The molecule has 0 amide bonds. The summed E-state index contributed by atoms with van der Waals surface area (Å²) in [6.07, 6.45) is 1.09. The smallest absolute Gasteiger partial charge is 0.356 e. The van der Waals surface area contributed by atoms with E-state index >= 15 is 0 Å². The maximum absolute atomic E-state index is 12.0.